The van der Waals surface area contributed by atoms with E-state index in [4.69, 9.17) is 21.4 Å². The quantitative estimate of drug-likeness (QED) is 0.867. The van der Waals surface area contributed by atoms with Crippen LogP contribution >= 0.6 is 11.6 Å². The van der Waals surface area contributed by atoms with E-state index in [-0.39, 0.29) is 18.1 Å². The minimum Gasteiger partial charge on any atom is -0.496 e. The normalized spacial score (nSPS) is 16.1. The van der Waals surface area contributed by atoms with Crippen LogP contribution in [0.2, 0.25) is 5.02 Å². The van der Waals surface area contributed by atoms with E-state index >= 15 is 0 Å². The van der Waals surface area contributed by atoms with Crippen molar-refractivity contribution in [1.82, 2.24) is 4.90 Å². The van der Waals surface area contributed by atoms with Crippen LogP contribution in [-0.2, 0) is 16.0 Å². The Morgan fingerprint density at radius 1 is 1.31 bits per heavy atom. The second-order valence-corrected chi connectivity index (χ2v) is 6.49. The average molecular weight is 378 g/mol. The lowest BCUT2D eigenvalue weighted by Crippen LogP contribution is -2.55. The van der Waals surface area contributed by atoms with Crippen molar-refractivity contribution in [3.63, 3.8) is 0 Å². The van der Waals surface area contributed by atoms with Gasteiger partial charge in [0.15, 0.2) is 0 Å². The fourth-order valence-corrected chi connectivity index (χ4v) is 3.32. The predicted octanol–water partition coefficient (Wildman–Crippen LogP) is 3.38. The number of hydrogen-bond acceptors (Lipinski definition) is 3. The zero-order valence-electron chi connectivity index (χ0n) is 14.0. The van der Waals surface area contributed by atoms with Crippen LogP contribution < -0.4 is 4.74 Å². The third kappa shape index (κ3) is 3.51. The molecule has 3 rings (SSSR count). The highest BCUT2D eigenvalue weighted by molar-refractivity contribution is 6.31. The first-order valence-electron chi connectivity index (χ1n) is 8.05. The Morgan fingerprint density at radius 3 is 2.54 bits per heavy atom. The third-order valence-electron chi connectivity index (χ3n) is 4.47. The van der Waals surface area contributed by atoms with Gasteiger partial charge in [0, 0.05) is 17.1 Å². The standard InChI is InChI=1S/C19H17ClFNO4/c1-26-16-10-13(20)8-12(18(16)11-2-4-14(21)5-3-11)9-17(23)22-7-6-15(22)19(24)25/h2-5,8,10,15H,6-7,9H2,1H3,(H,24,25)/t15-/m1/s1. The molecular weight excluding hydrogens is 361 g/mol. The summed E-state index contributed by atoms with van der Waals surface area (Å²) in [6, 6.07) is 8.33. The molecule has 2 aromatic rings. The van der Waals surface area contributed by atoms with E-state index in [1.165, 1.54) is 24.1 Å². The summed E-state index contributed by atoms with van der Waals surface area (Å²) in [4.78, 5) is 25.1. The number of benzene rings is 2. The Morgan fingerprint density at radius 2 is 2.00 bits per heavy atom. The summed E-state index contributed by atoms with van der Waals surface area (Å²) in [6.07, 6.45) is 0.429. The fraction of sp³-hybridized carbons (Fsp3) is 0.263. The maximum atomic E-state index is 13.3. The monoisotopic (exact) mass is 377 g/mol. The number of rotatable bonds is 5. The van der Waals surface area contributed by atoms with Crippen LogP contribution in [0.5, 0.6) is 5.75 Å². The lowest BCUT2D eigenvalue weighted by atomic mass is 9.94. The molecule has 0 bridgehead atoms. The smallest absolute Gasteiger partial charge is 0.326 e. The molecule has 2 aromatic carbocycles. The van der Waals surface area contributed by atoms with Gasteiger partial charge in [0.2, 0.25) is 5.91 Å². The molecule has 0 aliphatic carbocycles. The van der Waals surface area contributed by atoms with Gasteiger partial charge in [0.05, 0.1) is 13.5 Å². The number of carbonyl (C=O) groups excluding carboxylic acids is 1. The molecule has 0 spiro atoms. The molecule has 136 valence electrons. The number of carboxylic acid groups (broad SMARTS) is 1. The number of methoxy groups -OCH3 is 1. The average Bonchev–Trinajstić information content (AvgIpc) is 2.53. The summed E-state index contributed by atoms with van der Waals surface area (Å²) < 4.78 is 18.7. The minimum atomic E-state index is -1.01. The van der Waals surface area contributed by atoms with Gasteiger partial charge in [-0.1, -0.05) is 23.7 Å². The van der Waals surface area contributed by atoms with Gasteiger partial charge in [-0.15, -0.1) is 0 Å². The third-order valence-corrected chi connectivity index (χ3v) is 4.69. The van der Waals surface area contributed by atoms with Crippen molar-refractivity contribution in [3.8, 4) is 16.9 Å². The molecule has 1 N–H and O–H groups in total. The van der Waals surface area contributed by atoms with E-state index in [9.17, 15) is 14.0 Å². The maximum absolute atomic E-state index is 13.3. The number of nitrogens with zero attached hydrogens (tertiary/aromatic N) is 1. The van der Waals surface area contributed by atoms with Crippen molar-refractivity contribution in [2.45, 2.75) is 18.9 Å². The van der Waals surface area contributed by atoms with E-state index in [0.29, 0.717) is 40.4 Å². The molecule has 26 heavy (non-hydrogen) atoms. The van der Waals surface area contributed by atoms with Crippen molar-refractivity contribution in [2.24, 2.45) is 0 Å². The lowest BCUT2D eigenvalue weighted by Gasteiger charge is -2.38. The highest BCUT2D eigenvalue weighted by Gasteiger charge is 2.37. The van der Waals surface area contributed by atoms with Gasteiger partial charge in [-0.2, -0.15) is 0 Å². The molecule has 1 atom stereocenters. The highest BCUT2D eigenvalue weighted by atomic mass is 35.5. The number of aliphatic carboxylic acids is 1. The molecule has 5 nitrogen and oxygen atoms in total. The van der Waals surface area contributed by atoms with E-state index in [2.05, 4.69) is 0 Å². The number of carboxylic acids is 1. The Hall–Kier alpha value is -2.60. The second kappa shape index (κ2) is 7.33. The van der Waals surface area contributed by atoms with Gasteiger partial charge in [0.25, 0.3) is 0 Å². The largest absolute Gasteiger partial charge is 0.496 e. The first-order valence-corrected chi connectivity index (χ1v) is 8.43. The summed E-state index contributed by atoms with van der Waals surface area (Å²) in [5.74, 6) is -1.21. The summed E-state index contributed by atoms with van der Waals surface area (Å²) in [7, 11) is 1.49. The van der Waals surface area contributed by atoms with Crippen LogP contribution in [0.25, 0.3) is 11.1 Å². The Labute approximate surface area is 154 Å². The molecule has 0 aromatic heterocycles. The first-order chi connectivity index (χ1) is 12.4. The topological polar surface area (TPSA) is 66.8 Å². The molecule has 1 aliphatic rings. The molecule has 1 saturated heterocycles. The van der Waals surface area contributed by atoms with Crippen LogP contribution in [0.1, 0.15) is 12.0 Å². The number of carbonyl (C=O) groups is 2. The molecule has 0 radical (unpaired) electrons. The van der Waals surface area contributed by atoms with E-state index in [1.807, 2.05) is 0 Å². The Bertz CT molecular complexity index is 853. The number of ether oxygens (including phenoxy) is 1. The molecule has 7 heteroatoms. The summed E-state index contributed by atoms with van der Waals surface area (Å²) in [5.41, 5.74) is 1.92. The van der Waals surface area contributed by atoms with Crippen LogP contribution in [0.15, 0.2) is 36.4 Å². The SMILES string of the molecule is COc1cc(Cl)cc(CC(=O)N2CC[C@@H]2C(=O)O)c1-c1ccc(F)cc1. The Kier molecular flexibility index (Phi) is 5.13. The molecule has 0 unspecified atom stereocenters. The van der Waals surface area contributed by atoms with Gasteiger partial charge in [-0.25, -0.2) is 9.18 Å². The van der Waals surface area contributed by atoms with E-state index in [1.54, 1.807) is 24.3 Å². The van der Waals surface area contributed by atoms with Crippen LogP contribution in [0.4, 0.5) is 4.39 Å². The van der Waals surface area contributed by atoms with Gasteiger partial charge < -0.3 is 14.7 Å². The molecule has 1 amide bonds. The van der Waals surface area contributed by atoms with Crippen molar-refractivity contribution >= 4 is 23.5 Å². The van der Waals surface area contributed by atoms with Crippen molar-refractivity contribution < 1.29 is 23.8 Å². The van der Waals surface area contributed by atoms with E-state index in [0.717, 1.165) is 0 Å². The van der Waals surface area contributed by atoms with Gasteiger partial charge in [0.1, 0.15) is 17.6 Å². The minimum absolute atomic E-state index is 0.0204. The maximum Gasteiger partial charge on any atom is 0.326 e. The number of hydrogen-bond donors (Lipinski definition) is 1. The van der Waals surface area contributed by atoms with Crippen molar-refractivity contribution in [2.75, 3.05) is 13.7 Å². The van der Waals surface area contributed by atoms with Gasteiger partial charge >= 0.3 is 5.97 Å². The number of likely N-dealkylation sites (tertiary alicyclic amines) is 1. The van der Waals surface area contributed by atoms with Crippen molar-refractivity contribution in [1.29, 1.82) is 0 Å². The molecule has 1 fully saturated rings. The van der Waals surface area contributed by atoms with Crippen molar-refractivity contribution in [3.05, 3.63) is 52.8 Å². The van der Waals surface area contributed by atoms with Crippen LogP contribution in [-0.4, -0.2) is 41.6 Å². The van der Waals surface area contributed by atoms with Crippen LogP contribution in [0, 0.1) is 5.82 Å². The number of halogens is 2. The molecule has 0 saturated carbocycles. The summed E-state index contributed by atoms with van der Waals surface area (Å²) in [5, 5.41) is 9.53. The van der Waals surface area contributed by atoms with Crippen LogP contribution in [0.3, 0.4) is 0 Å². The molecule has 1 aliphatic heterocycles. The fourth-order valence-electron chi connectivity index (χ4n) is 3.09. The number of amides is 1. The highest BCUT2D eigenvalue weighted by Crippen LogP contribution is 2.37. The predicted molar refractivity (Wildman–Crippen MR) is 94.9 cm³/mol. The molecule has 1 heterocycles. The van der Waals surface area contributed by atoms with E-state index < -0.39 is 12.0 Å². The Balaban J connectivity index is 1.98. The second-order valence-electron chi connectivity index (χ2n) is 6.06. The summed E-state index contributed by atoms with van der Waals surface area (Å²) in [6.45, 7) is 0.416. The van der Waals surface area contributed by atoms with Gasteiger partial charge in [-0.3, -0.25) is 4.79 Å². The first kappa shape index (κ1) is 18.2. The molecular formula is C19H17ClFNO4. The summed E-state index contributed by atoms with van der Waals surface area (Å²) >= 11 is 6.14. The zero-order chi connectivity index (χ0) is 18.8. The van der Waals surface area contributed by atoms with Gasteiger partial charge in [-0.05, 0) is 41.8 Å². The zero-order valence-corrected chi connectivity index (χ0v) is 14.8. The lowest BCUT2D eigenvalue weighted by molar-refractivity contribution is -0.156.